The molecule has 0 saturated heterocycles. The van der Waals surface area contributed by atoms with E-state index in [-0.39, 0.29) is 94.0 Å². The van der Waals surface area contributed by atoms with Gasteiger partial charge in [-0.25, -0.2) is 35.2 Å². The second-order valence-electron chi connectivity index (χ2n) is 29.8. The third-order valence-electron chi connectivity index (χ3n) is 18.9. The number of nitrogens with two attached hydrogens (primary N) is 1. The summed E-state index contributed by atoms with van der Waals surface area (Å²) in [6.45, 7) is 30.7. The van der Waals surface area contributed by atoms with Crippen LogP contribution in [0.2, 0.25) is 51.3 Å². The first-order valence-corrected chi connectivity index (χ1v) is 47.3. The highest BCUT2D eigenvalue weighted by atomic mass is 35.5. The minimum Gasteiger partial charge on any atom is -0.417 e. The van der Waals surface area contributed by atoms with Gasteiger partial charge < -0.3 is 29.6 Å². The summed E-state index contributed by atoms with van der Waals surface area (Å²) >= 11 is 18.0. The Kier molecular flexibility index (Phi) is 33.3. The maximum atomic E-state index is 13.4. The van der Waals surface area contributed by atoms with Gasteiger partial charge in [-0.1, -0.05) is 101 Å². The van der Waals surface area contributed by atoms with E-state index < -0.39 is 108 Å². The fourth-order valence-corrected chi connectivity index (χ4v) is 16.2. The predicted octanol–water partition coefficient (Wildman–Crippen LogP) is 19.2. The quantitative estimate of drug-likeness (QED) is 0.00915. The molecule has 0 spiro atoms. The number of hydrogen-bond donors (Lipinski definition) is 6. The van der Waals surface area contributed by atoms with Crippen molar-refractivity contribution in [3.8, 4) is 0 Å². The highest BCUT2D eigenvalue weighted by molar-refractivity contribution is 7.93. The summed E-state index contributed by atoms with van der Waals surface area (Å²) in [4.78, 5) is 45.7. The number of halogens is 12. The Hall–Kier alpha value is -8.80. The second kappa shape index (κ2) is 40.1. The highest BCUT2D eigenvalue weighted by Gasteiger charge is 2.40. The van der Waals surface area contributed by atoms with Crippen molar-refractivity contribution in [2.45, 2.75) is 170 Å². The number of aromatic nitrogens is 6. The van der Waals surface area contributed by atoms with Gasteiger partial charge in [0.25, 0.3) is 30.1 Å². The van der Waals surface area contributed by atoms with Crippen LogP contribution in [0.25, 0.3) is 5.57 Å². The Morgan fingerprint density at radius 2 is 0.915 bits per heavy atom. The van der Waals surface area contributed by atoms with Crippen molar-refractivity contribution in [1.82, 2.24) is 29.9 Å². The van der Waals surface area contributed by atoms with Crippen molar-refractivity contribution in [1.29, 1.82) is 0 Å². The minimum absolute atomic E-state index is 0.00313. The third-order valence-corrected chi connectivity index (χ3v) is 32.7. The standard InChI is InChI=1S/C28H35ClF3N3O4SSi.C23H21ClF3N3O3S.C19H14ClF3N4O3S.C9H20O2Si/c1-18-9-10-22(16-23(18)28(30,31)32)40(37,38)35-24-15-20(29)17-34-25(24)26(36)19-11-12-33-21(14-19)8-7-13-39-41(5,6)27(2,3)4;1-14-5-6-19(12-20(14)23(25,26)27)34(32,33)30-21-11-17(24)13-29-22(21)15(2)16-7-8-28-18(10-16)4-3-9-31;1-10-2-3-13(8-14(10)19(21,22)23)31(29,30)27-15-7-12(20)9-26-17(15)18(28)11-4-5-25-16(24)6-11;1-9(2,3)12(4,5)11-8-6-7-10/h9-12,14-17,26,35-36H,7-8,13H2,1-6H3;5-8,10-13,30-31H,2-4,9H2,1H3;2-9,27H,1H3,(H2,24,25);7H,6,8H2,1-5H3. The smallest absolute Gasteiger partial charge is 0.416 e. The van der Waals surface area contributed by atoms with Gasteiger partial charge in [-0.05, 0) is 202 Å². The molecule has 0 aliphatic heterocycles. The summed E-state index contributed by atoms with van der Waals surface area (Å²) in [6, 6.07) is 21.0. The number of nitrogen functional groups attached to an aromatic ring is 1. The first-order chi connectivity index (χ1) is 54.4. The molecule has 9 rings (SSSR count). The number of anilines is 4. The highest BCUT2D eigenvalue weighted by Crippen LogP contribution is 2.41. The van der Waals surface area contributed by atoms with Gasteiger partial charge in [0.15, 0.2) is 16.6 Å². The summed E-state index contributed by atoms with van der Waals surface area (Å²) in [6.07, 6.45) is -3.71. The average Bonchev–Trinajstić information content (AvgIpc) is 0.789. The molecule has 0 fully saturated rings. The lowest BCUT2D eigenvalue weighted by molar-refractivity contribution is -0.139. The lowest BCUT2D eigenvalue weighted by atomic mass is 10.0. The third kappa shape index (κ3) is 27.4. The lowest BCUT2D eigenvalue weighted by Crippen LogP contribution is -2.41. The normalized spacial score (nSPS) is 12.7. The molecule has 6 aromatic heterocycles. The van der Waals surface area contributed by atoms with Crippen LogP contribution in [-0.4, -0.2) is 114 Å². The lowest BCUT2D eigenvalue weighted by Gasteiger charge is -2.36. The van der Waals surface area contributed by atoms with E-state index in [0.717, 1.165) is 61.4 Å². The predicted molar refractivity (Wildman–Crippen MR) is 442 cm³/mol. The number of carbonyl (C=O) groups is 2. The zero-order valence-electron chi connectivity index (χ0n) is 66.4. The average molecular weight is 1800 g/mol. The number of carbonyl (C=O) groups excluding carboxylic acids is 2. The molecule has 0 aliphatic carbocycles. The molecule has 9 aromatic rings. The number of alkyl halides is 9. The minimum atomic E-state index is -4.74. The summed E-state index contributed by atoms with van der Waals surface area (Å²) < 4.78 is 216. The molecule has 0 saturated carbocycles. The van der Waals surface area contributed by atoms with E-state index in [1.807, 2.05) is 0 Å². The molecule has 0 radical (unpaired) electrons. The Labute approximate surface area is 697 Å². The van der Waals surface area contributed by atoms with Crippen molar-refractivity contribution < 1.29 is 93.4 Å². The van der Waals surface area contributed by atoms with Gasteiger partial charge in [0.1, 0.15) is 23.9 Å². The molecule has 0 aliphatic rings. The van der Waals surface area contributed by atoms with E-state index in [2.05, 4.69) is 118 Å². The van der Waals surface area contributed by atoms with Gasteiger partial charge in [0.05, 0.1) is 74.9 Å². The van der Waals surface area contributed by atoms with Crippen molar-refractivity contribution in [3.05, 3.63) is 247 Å². The molecule has 7 N–H and O–H groups in total. The largest absolute Gasteiger partial charge is 0.417 e. The summed E-state index contributed by atoms with van der Waals surface area (Å²) in [5, 5.41) is 20.7. The van der Waals surface area contributed by atoms with E-state index in [0.29, 0.717) is 85.2 Å². The number of ketones is 1. The zero-order valence-corrected chi connectivity index (χ0v) is 73.1. The van der Waals surface area contributed by atoms with E-state index in [1.54, 1.807) is 30.5 Å². The maximum Gasteiger partial charge on any atom is 0.416 e. The van der Waals surface area contributed by atoms with Crippen LogP contribution >= 0.6 is 34.8 Å². The molecule has 6 heterocycles. The van der Waals surface area contributed by atoms with Gasteiger partial charge >= 0.3 is 18.5 Å². The number of aliphatic hydroxyl groups is 2. The molecule has 22 nitrogen and oxygen atoms in total. The summed E-state index contributed by atoms with van der Waals surface area (Å²) in [7, 11) is -16.9. The molecule has 1 atom stereocenters. The number of nitrogens with zero attached hydrogens (tertiary/aromatic N) is 6. The molecule has 638 valence electrons. The van der Waals surface area contributed by atoms with Crippen LogP contribution < -0.4 is 19.9 Å². The van der Waals surface area contributed by atoms with Crippen molar-refractivity contribution in [2.75, 3.05) is 39.7 Å². The van der Waals surface area contributed by atoms with Crippen molar-refractivity contribution >= 4 is 122 Å². The van der Waals surface area contributed by atoms with E-state index in [1.165, 1.54) is 69.8 Å². The van der Waals surface area contributed by atoms with Gasteiger partial charge in [0, 0.05) is 85.9 Å². The number of nitrogens with one attached hydrogen (secondary N) is 3. The number of pyridine rings is 6. The van der Waals surface area contributed by atoms with Gasteiger partial charge in [-0.15, -0.1) is 0 Å². The van der Waals surface area contributed by atoms with Crippen molar-refractivity contribution in [3.63, 3.8) is 0 Å². The van der Waals surface area contributed by atoms with Crippen LogP contribution in [0.3, 0.4) is 0 Å². The fourth-order valence-electron chi connectivity index (χ4n) is 10.3. The Balaban J connectivity index is 0.000000258. The molecule has 118 heavy (non-hydrogen) atoms. The first-order valence-electron chi connectivity index (χ1n) is 35.9. The second-order valence-corrected chi connectivity index (χ2v) is 45.8. The Morgan fingerprint density at radius 3 is 1.36 bits per heavy atom. The van der Waals surface area contributed by atoms with Crippen LogP contribution in [0.4, 0.5) is 62.4 Å². The monoisotopic (exact) mass is 1800 g/mol. The molecule has 39 heteroatoms. The number of hydrogen-bond acceptors (Lipinski definition) is 19. The first kappa shape index (κ1) is 98.0. The van der Waals surface area contributed by atoms with Gasteiger partial charge in [-0.3, -0.25) is 38.9 Å². The summed E-state index contributed by atoms with van der Waals surface area (Å²) in [5.74, 6) is -0.635. The fraction of sp³-hybridized carbons (Fsp3) is 0.342. The van der Waals surface area contributed by atoms with Crippen LogP contribution in [0.15, 0.2) is 168 Å². The van der Waals surface area contributed by atoms with E-state index in [4.69, 9.17) is 54.5 Å². The van der Waals surface area contributed by atoms with Gasteiger partial charge in [-0.2, -0.15) is 39.5 Å². The molecule has 3 aromatic carbocycles. The SMILES string of the molecule is C=C(c1ccnc(CCCO)c1)c1ncc(Cl)cc1NS(=O)(=O)c1ccc(C)c(C(F)(F)F)c1.CC(C)(C)[Si](C)(C)OCCC=O.Cc1ccc(S(=O)(=O)Nc2cc(Cl)cnc2C(=O)c2ccnc(N)c2)cc1C(F)(F)F.Cc1ccc(S(=O)(=O)Nc2cc(Cl)cnc2C(O)c2ccnc(CCCO[Si](C)(C)C(C)(C)C)c2)cc1C(F)(F)F. The molecule has 0 amide bonds. The van der Waals surface area contributed by atoms with Crippen LogP contribution in [0.5, 0.6) is 0 Å². The molecular weight excluding hydrogens is 1710 g/mol. The Bertz CT molecular complexity index is 5450. The molecule has 0 bridgehead atoms. The number of aldehydes is 1. The molecule has 1 unspecified atom stereocenters. The van der Waals surface area contributed by atoms with Crippen LogP contribution in [-0.2, 0) is 75.1 Å². The summed E-state index contributed by atoms with van der Waals surface area (Å²) in [5.41, 5.74) is 4.11. The van der Waals surface area contributed by atoms with E-state index in [9.17, 15) is 79.5 Å². The molecular formula is C79H90Cl3F9N10O12S3Si2. The number of aliphatic hydroxyl groups excluding tert-OH is 2. The number of rotatable bonds is 27. The van der Waals surface area contributed by atoms with Gasteiger partial charge in [0.2, 0.25) is 5.78 Å². The van der Waals surface area contributed by atoms with Crippen LogP contribution in [0.1, 0.15) is 150 Å². The Morgan fingerprint density at radius 1 is 0.525 bits per heavy atom. The number of aryl methyl sites for hydroxylation is 5. The van der Waals surface area contributed by atoms with Crippen molar-refractivity contribution in [2.24, 2.45) is 0 Å². The zero-order chi connectivity index (χ0) is 88.7. The topological polar surface area (TPSA) is 335 Å². The number of sulfonamides is 3. The maximum absolute atomic E-state index is 13.4. The van der Waals surface area contributed by atoms with Crippen LogP contribution in [0, 0.1) is 20.8 Å². The van der Waals surface area contributed by atoms with E-state index >= 15 is 0 Å². The number of benzene rings is 3.